The number of amides is 1. The molecule has 1 amide bonds. The van der Waals surface area contributed by atoms with E-state index in [-0.39, 0.29) is 11.9 Å². The highest BCUT2D eigenvalue weighted by atomic mass is 16.1. The Hall–Kier alpha value is -1.43. The van der Waals surface area contributed by atoms with Crippen molar-refractivity contribution in [1.82, 2.24) is 15.1 Å². The van der Waals surface area contributed by atoms with Crippen LogP contribution in [0.25, 0.3) is 0 Å². The van der Waals surface area contributed by atoms with E-state index >= 15 is 0 Å². The number of rotatable bonds is 6. The molecule has 3 rings (SSSR count). The number of nitrogens with zero attached hydrogens (tertiary/aromatic N) is 2. The summed E-state index contributed by atoms with van der Waals surface area (Å²) < 4.78 is 0. The van der Waals surface area contributed by atoms with E-state index in [1.807, 2.05) is 18.2 Å². The molecule has 144 valence electrons. The fraction of sp³-hybridized carbons (Fsp3) is 0.667. The van der Waals surface area contributed by atoms with Crippen molar-refractivity contribution in [1.29, 1.82) is 0 Å². The lowest BCUT2D eigenvalue weighted by atomic mass is 9.84. The Morgan fingerprint density at radius 2 is 1.92 bits per heavy atom. The van der Waals surface area contributed by atoms with Crippen molar-refractivity contribution in [2.24, 2.45) is 11.7 Å². The molecular weight excluding hydrogens is 324 g/mol. The molecule has 1 aliphatic carbocycles. The van der Waals surface area contributed by atoms with E-state index in [1.165, 1.54) is 37.7 Å². The number of carbonyl (C=O) groups is 1. The second-order valence-electron chi connectivity index (χ2n) is 7.99. The molecule has 1 aromatic rings. The summed E-state index contributed by atoms with van der Waals surface area (Å²) in [6.07, 6.45) is 6.21. The zero-order chi connectivity index (χ0) is 18.4. The van der Waals surface area contributed by atoms with Crippen molar-refractivity contribution in [3.05, 3.63) is 35.4 Å². The third-order valence-corrected chi connectivity index (χ3v) is 5.98. The Balaban J connectivity index is 1.58. The number of likely N-dealkylation sites (N-methyl/N-ethyl adjacent to an activating group) is 1. The maximum Gasteiger partial charge on any atom is 0.251 e. The SMILES string of the molecule is CN1CCN(Cc2cccc(C(=O)NC(CN)C3CCCCC3)c2)CC1. The molecule has 1 unspecified atom stereocenters. The first kappa shape index (κ1) is 19.3. The maximum absolute atomic E-state index is 12.8. The average molecular weight is 359 g/mol. The highest BCUT2D eigenvalue weighted by molar-refractivity contribution is 5.94. The Kier molecular flexibility index (Phi) is 7.06. The van der Waals surface area contributed by atoms with Gasteiger partial charge in [0, 0.05) is 50.9 Å². The first-order valence-corrected chi connectivity index (χ1v) is 10.2. The van der Waals surface area contributed by atoms with Crippen LogP contribution in [0.4, 0.5) is 0 Å². The number of nitrogens with one attached hydrogen (secondary N) is 1. The van der Waals surface area contributed by atoms with Gasteiger partial charge in [-0.05, 0) is 43.5 Å². The molecule has 1 aromatic carbocycles. The standard InChI is InChI=1S/C21H34N4O/c1-24-10-12-25(13-11-24)16-17-6-5-9-19(14-17)21(26)23-20(15-22)18-7-3-2-4-8-18/h5-6,9,14,18,20H,2-4,7-8,10-13,15-16,22H2,1H3,(H,23,26). The molecule has 0 radical (unpaired) electrons. The summed E-state index contributed by atoms with van der Waals surface area (Å²) in [7, 11) is 2.17. The Morgan fingerprint density at radius 3 is 2.62 bits per heavy atom. The molecular formula is C21H34N4O. The van der Waals surface area contributed by atoms with Gasteiger partial charge in [-0.3, -0.25) is 9.69 Å². The lowest BCUT2D eigenvalue weighted by molar-refractivity contribution is 0.0915. The smallest absolute Gasteiger partial charge is 0.251 e. The van der Waals surface area contributed by atoms with Crippen LogP contribution in [0.3, 0.4) is 0 Å². The summed E-state index contributed by atoms with van der Waals surface area (Å²) in [6, 6.07) is 8.18. The minimum atomic E-state index is 0.0197. The minimum absolute atomic E-state index is 0.0197. The normalized spacial score (nSPS) is 21.5. The number of nitrogens with two attached hydrogens (primary N) is 1. The van der Waals surface area contributed by atoms with Gasteiger partial charge >= 0.3 is 0 Å². The van der Waals surface area contributed by atoms with Crippen LogP contribution in [0.1, 0.15) is 48.0 Å². The maximum atomic E-state index is 12.8. The average Bonchev–Trinajstić information content (AvgIpc) is 2.68. The molecule has 0 spiro atoms. The molecule has 1 heterocycles. The van der Waals surface area contributed by atoms with E-state index < -0.39 is 0 Å². The Morgan fingerprint density at radius 1 is 1.19 bits per heavy atom. The zero-order valence-electron chi connectivity index (χ0n) is 16.1. The van der Waals surface area contributed by atoms with E-state index in [1.54, 1.807) is 0 Å². The molecule has 0 aromatic heterocycles. The molecule has 1 saturated heterocycles. The van der Waals surface area contributed by atoms with Crippen molar-refractivity contribution in [3.63, 3.8) is 0 Å². The van der Waals surface area contributed by atoms with Crippen molar-refractivity contribution in [2.75, 3.05) is 39.8 Å². The van der Waals surface area contributed by atoms with E-state index in [4.69, 9.17) is 5.73 Å². The van der Waals surface area contributed by atoms with Crippen LogP contribution in [-0.4, -0.2) is 61.5 Å². The summed E-state index contributed by atoms with van der Waals surface area (Å²) in [5.74, 6) is 0.553. The van der Waals surface area contributed by atoms with Gasteiger partial charge < -0.3 is 16.0 Å². The highest BCUT2D eigenvalue weighted by Crippen LogP contribution is 2.26. The molecule has 5 nitrogen and oxygen atoms in total. The summed E-state index contributed by atoms with van der Waals surface area (Å²) >= 11 is 0. The number of piperazine rings is 1. The van der Waals surface area contributed by atoms with Crippen LogP contribution in [-0.2, 0) is 6.54 Å². The van der Waals surface area contributed by atoms with E-state index in [0.29, 0.717) is 12.5 Å². The fourth-order valence-electron chi connectivity index (χ4n) is 4.23. The first-order chi connectivity index (χ1) is 12.7. The van der Waals surface area contributed by atoms with Crippen molar-refractivity contribution < 1.29 is 4.79 Å². The van der Waals surface area contributed by atoms with Gasteiger partial charge in [-0.1, -0.05) is 31.4 Å². The predicted molar refractivity (Wildman–Crippen MR) is 106 cm³/mol. The quantitative estimate of drug-likeness (QED) is 0.817. The van der Waals surface area contributed by atoms with Gasteiger partial charge in [-0.15, -0.1) is 0 Å². The number of hydrogen-bond donors (Lipinski definition) is 2. The summed E-state index contributed by atoms with van der Waals surface area (Å²) in [4.78, 5) is 17.6. The van der Waals surface area contributed by atoms with Crippen molar-refractivity contribution in [2.45, 2.75) is 44.7 Å². The second-order valence-corrected chi connectivity index (χ2v) is 7.99. The topological polar surface area (TPSA) is 61.6 Å². The zero-order valence-corrected chi connectivity index (χ0v) is 16.1. The molecule has 1 aliphatic heterocycles. The Labute approximate surface area is 157 Å². The predicted octanol–water partition coefficient (Wildman–Crippen LogP) is 2.07. The molecule has 3 N–H and O–H groups in total. The Bertz CT molecular complexity index is 577. The van der Waals surface area contributed by atoms with Gasteiger partial charge in [0.2, 0.25) is 0 Å². The second kappa shape index (κ2) is 9.49. The van der Waals surface area contributed by atoms with Crippen LogP contribution in [0.15, 0.2) is 24.3 Å². The minimum Gasteiger partial charge on any atom is -0.348 e. The first-order valence-electron chi connectivity index (χ1n) is 10.2. The number of carbonyl (C=O) groups excluding carboxylic acids is 1. The lowest BCUT2D eigenvalue weighted by Gasteiger charge is -2.32. The highest BCUT2D eigenvalue weighted by Gasteiger charge is 2.24. The van der Waals surface area contributed by atoms with Gasteiger partial charge in [0.15, 0.2) is 0 Å². The van der Waals surface area contributed by atoms with E-state index in [9.17, 15) is 4.79 Å². The fourth-order valence-corrected chi connectivity index (χ4v) is 4.23. The summed E-state index contributed by atoms with van der Waals surface area (Å²) in [6.45, 7) is 5.84. The van der Waals surface area contributed by atoms with Crippen LogP contribution in [0.2, 0.25) is 0 Å². The molecule has 2 fully saturated rings. The van der Waals surface area contributed by atoms with E-state index in [0.717, 1.165) is 38.3 Å². The van der Waals surface area contributed by atoms with Gasteiger partial charge in [-0.2, -0.15) is 0 Å². The largest absolute Gasteiger partial charge is 0.348 e. The van der Waals surface area contributed by atoms with Crippen LogP contribution in [0.5, 0.6) is 0 Å². The van der Waals surface area contributed by atoms with E-state index in [2.05, 4.69) is 28.2 Å². The van der Waals surface area contributed by atoms with Crippen LogP contribution >= 0.6 is 0 Å². The van der Waals surface area contributed by atoms with Gasteiger partial charge in [0.1, 0.15) is 0 Å². The van der Waals surface area contributed by atoms with Crippen molar-refractivity contribution in [3.8, 4) is 0 Å². The summed E-state index contributed by atoms with van der Waals surface area (Å²) in [5.41, 5.74) is 7.94. The molecule has 2 aliphatic rings. The molecule has 0 bridgehead atoms. The molecule has 1 saturated carbocycles. The monoisotopic (exact) mass is 358 g/mol. The van der Waals surface area contributed by atoms with Gasteiger partial charge in [0.05, 0.1) is 0 Å². The van der Waals surface area contributed by atoms with Crippen molar-refractivity contribution >= 4 is 5.91 Å². The van der Waals surface area contributed by atoms with Gasteiger partial charge in [-0.25, -0.2) is 0 Å². The third kappa shape index (κ3) is 5.29. The molecule has 26 heavy (non-hydrogen) atoms. The van der Waals surface area contributed by atoms with Crippen LogP contribution < -0.4 is 11.1 Å². The number of benzene rings is 1. The lowest BCUT2D eigenvalue weighted by Crippen LogP contribution is -2.46. The molecule has 1 atom stereocenters. The molecule has 5 heteroatoms. The van der Waals surface area contributed by atoms with Crippen LogP contribution in [0, 0.1) is 5.92 Å². The number of hydrogen-bond acceptors (Lipinski definition) is 4. The van der Waals surface area contributed by atoms with Gasteiger partial charge in [0.25, 0.3) is 5.91 Å². The summed E-state index contributed by atoms with van der Waals surface area (Å²) in [5, 5.41) is 3.21. The third-order valence-electron chi connectivity index (χ3n) is 5.98.